The molecular formula is C11H13NO5. The third-order valence-corrected chi connectivity index (χ3v) is 2.16. The highest BCUT2D eigenvalue weighted by molar-refractivity contribution is 5.66. The van der Waals surface area contributed by atoms with Gasteiger partial charge in [-0.05, 0) is 25.0 Å². The number of hydrogen-bond donors (Lipinski definition) is 1. The minimum atomic E-state index is -1.00. The zero-order valence-electron chi connectivity index (χ0n) is 9.60. The first-order chi connectivity index (χ1) is 7.91. The van der Waals surface area contributed by atoms with E-state index in [9.17, 15) is 14.9 Å². The minimum Gasteiger partial charge on any atom is -0.486 e. The first kappa shape index (κ1) is 13.0. The summed E-state index contributed by atoms with van der Waals surface area (Å²) in [5, 5.41) is 19.3. The number of carbonyl (C=O) groups is 1. The van der Waals surface area contributed by atoms with Gasteiger partial charge in [-0.15, -0.1) is 0 Å². The Morgan fingerprint density at radius 3 is 2.65 bits per heavy atom. The molecule has 1 aromatic carbocycles. The average molecular weight is 239 g/mol. The second-order valence-corrected chi connectivity index (χ2v) is 3.68. The largest absolute Gasteiger partial charge is 0.486 e. The average Bonchev–Trinajstić information content (AvgIpc) is 2.19. The maximum Gasteiger partial charge on any atom is 0.311 e. The zero-order chi connectivity index (χ0) is 13.0. The van der Waals surface area contributed by atoms with Crippen LogP contribution in [0, 0.1) is 24.0 Å². The van der Waals surface area contributed by atoms with Gasteiger partial charge in [-0.1, -0.05) is 6.07 Å². The van der Waals surface area contributed by atoms with Crippen LogP contribution in [0.3, 0.4) is 0 Å². The highest BCUT2D eigenvalue weighted by Gasteiger charge is 2.18. The Hall–Kier alpha value is -2.11. The van der Waals surface area contributed by atoms with Crippen LogP contribution in [0.25, 0.3) is 0 Å². The summed E-state index contributed by atoms with van der Waals surface area (Å²) >= 11 is 0. The van der Waals surface area contributed by atoms with Crippen molar-refractivity contribution in [2.75, 3.05) is 6.61 Å². The van der Waals surface area contributed by atoms with Crippen LogP contribution < -0.4 is 4.74 Å². The molecule has 1 rings (SSSR count). The van der Waals surface area contributed by atoms with E-state index in [1.54, 1.807) is 19.9 Å². The van der Waals surface area contributed by atoms with Gasteiger partial charge in [0.05, 0.1) is 18.0 Å². The van der Waals surface area contributed by atoms with Crippen molar-refractivity contribution in [2.24, 2.45) is 0 Å². The summed E-state index contributed by atoms with van der Waals surface area (Å²) < 4.78 is 5.17. The van der Waals surface area contributed by atoms with E-state index in [1.807, 2.05) is 0 Å². The fourth-order valence-electron chi connectivity index (χ4n) is 1.50. The molecule has 0 saturated heterocycles. The lowest BCUT2D eigenvalue weighted by Crippen LogP contribution is -2.07. The highest BCUT2D eigenvalue weighted by atomic mass is 16.6. The lowest BCUT2D eigenvalue weighted by molar-refractivity contribution is -0.386. The van der Waals surface area contributed by atoms with E-state index >= 15 is 0 Å². The highest BCUT2D eigenvalue weighted by Crippen LogP contribution is 2.31. The second kappa shape index (κ2) is 5.29. The number of rotatable bonds is 5. The van der Waals surface area contributed by atoms with Gasteiger partial charge in [-0.2, -0.15) is 0 Å². The summed E-state index contributed by atoms with van der Waals surface area (Å²) in [6.07, 6.45) is -0.190. The number of aryl methyl sites for hydroxylation is 2. The predicted molar refractivity (Wildman–Crippen MR) is 60.3 cm³/mol. The topological polar surface area (TPSA) is 89.7 Å². The standard InChI is InChI=1S/C11H13NO5/c1-7-5-8(2)11(9(6-7)12(15)16)17-4-3-10(13)14/h5-6H,3-4H2,1-2H3,(H,13,14). The molecule has 0 unspecified atom stereocenters. The van der Waals surface area contributed by atoms with E-state index in [4.69, 9.17) is 9.84 Å². The van der Waals surface area contributed by atoms with Crippen LogP contribution in [0.15, 0.2) is 12.1 Å². The van der Waals surface area contributed by atoms with Gasteiger partial charge < -0.3 is 9.84 Å². The van der Waals surface area contributed by atoms with Crippen molar-refractivity contribution in [3.8, 4) is 5.75 Å². The van der Waals surface area contributed by atoms with E-state index in [0.717, 1.165) is 5.56 Å². The van der Waals surface area contributed by atoms with Gasteiger partial charge in [0.25, 0.3) is 0 Å². The molecule has 0 aliphatic rings. The maximum atomic E-state index is 10.8. The molecule has 0 saturated carbocycles. The summed E-state index contributed by atoms with van der Waals surface area (Å²) in [4.78, 5) is 20.6. The third kappa shape index (κ3) is 3.44. The fraction of sp³-hybridized carbons (Fsp3) is 0.364. The summed E-state index contributed by atoms with van der Waals surface area (Å²) in [6.45, 7) is 3.36. The van der Waals surface area contributed by atoms with Gasteiger partial charge in [0.2, 0.25) is 0 Å². The molecule has 92 valence electrons. The first-order valence-corrected chi connectivity index (χ1v) is 5.02. The maximum absolute atomic E-state index is 10.8. The number of benzene rings is 1. The molecule has 0 aliphatic heterocycles. The molecule has 0 spiro atoms. The number of nitro groups is 1. The Kier molecular flexibility index (Phi) is 4.03. The molecule has 6 nitrogen and oxygen atoms in total. The minimum absolute atomic E-state index is 0.0833. The first-order valence-electron chi connectivity index (χ1n) is 5.02. The summed E-state index contributed by atoms with van der Waals surface area (Å²) in [5.74, 6) is -0.862. The van der Waals surface area contributed by atoms with Crippen LogP contribution >= 0.6 is 0 Å². The number of carboxylic acids is 1. The Morgan fingerprint density at radius 1 is 1.47 bits per heavy atom. The predicted octanol–water partition coefficient (Wildman–Crippen LogP) is 2.07. The van der Waals surface area contributed by atoms with Crippen LogP contribution in [0.5, 0.6) is 5.75 Å². The monoisotopic (exact) mass is 239 g/mol. The second-order valence-electron chi connectivity index (χ2n) is 3.68. The molecule has 1 aromatic rings. The van der Waals surface area contributed by atoms with Crippen LogP contribution in [-0.2, 0) is 4.79 Å². The lowest BCUT2D eigenvalue weighted by atomic mass is 10.1. The van der Waals surface area contributed by atoms with Crippen LogP contribution in [0.2, 0.25) is 0 Å². The van der Waals surface area contributed by atoms with Gasteiger partial charge in [-0.25, -0.2) is 0 Å². The van der Waals surface area contributed by atoms with Crippen LogP contribution in [-0.4, -0.2) is 22.6 Å². The van der Waals surface area contributed by atoms with Crippen molar-refractivity contribution in [1.29, 1.82) is 0 Å². The molecule has 0 amide bonds. The molecule has 0 heterocycles. The molecular weight excluding hydrogens is 226 g/mol. The summed E-state index contributed by atoms with van der Waals surface area (Å²) in [7, 11) is 0. The van der Waals surface area contributed by atoms with Gasteiger partial charge in [0.15, 0.2) is 5.75 Å². The molecule has 0 bridgehead atoms. The van der Waals surface area contributed by atoms with Crippen molar-refractivity contribution in [1.82, 2.24) is 0 Å². The summed E-state index contributed by atoms with van der Waals surface area (Å²) in [6, 6.07) is 3.16. The molecule has 0 radical (unpaired) electrons. The van der Waals surface area contributed by atoms with Crippen LogP contribution in [0.1, 0.15) is 17.5 Å². The van der Waals surface area contributed by atoms with Crippen LogP contribution in [0.4, 0.5) is 5.69 Å². The van der Waals surface area contributed by atoms with E-state index in [2.05, 4.69) is 0 Å². The number of nitrogens with zero attached hydrogens (tertiary/aromatic N) is 1. The number of carboxylic acid groups (broad SMARTS) is 1. The van der Waals surface area contributed by atoms with E-state index < -0.39 is 10.9 Å². The molecule has 1 N–H and O–H groups in total. The SMILES string of the molecule is Cc1cc(C)c(OCCC(=O)O)c([N+](=O)[O-])c1. The quantitative estimate of drug-likeness (QED) is 0.627. The smallest absolute Gasteiger partial charge is 0.311 e. The van der Waals surface area contributed by atoms with Gasteiger partial charge in [-0.3, -0.25) is 14.9 Å². The van der Waals surface area contributed by atoms with Crippen molar-refractivity contribution in [3.63, 3.8) is 0 Å². The lowest BCUT2D eigenvalue weighted by Gasteiger charge is -2.09. The van der Waals surface area contributed by atoms with Crippen molar-refractivity contribution in [3.05, 3.63) is 33.4 Å². The van der Waals surface area contributed by atoms with Gasteiger partial charge in [0, 0.05) is 6.07 Å². The van der Waals surface area contributed by atoms with Gasteiger partial charge >= 0.3 is 11.7 Å². The Morgan fingerprint density at radius 2 is 2.12 bits per heavy atom. The van der Waals surface area contributed by atoms with Crippen molar-refractivity contribution >= 4 is 11.7 Å². The van der Waals surface area contributed by atoms with Gasteiger partial charge in [0.1, 0.15) is 0 Å². The summed E-state index contributed by atoms with van der Waals surface area (Å²) in [5.41, 5.74) is 1.26. The number of hydrogen-bond acceptors (Lipinski definition) is 4. The molecule has 0 aromatic heterocycles. The van der Waals surface area contributed by atoms with Crippen molar-refractivity contribution in [2.45, 2.75) is 20.3 Å². The fourth-order valence-corrected chi connectivity index (χ4v) is 1.50. The van der Waals surface area contributed by atoms with E-state index in [0.29, 0.717) is 5.56 Å². The van der Waals surface area contributed by atoms with E-state index in [-0.39, 0.29) is 24.5 Å². The number of ether oxygens (including phenoxy) is 1. The Labute approximate surface area is 98.0 Å². The third-order valence-electron chi connectivity index (χ3n) is 2.16. The normalized spacial score (nSPS) is 10.0. The number of aliphatic carboxylic acids is 1. The molecule has 6 heteroatoms. The molecule has 0 aliphatic carbocycles. The molecule has 17 heavy (non-hydrogen) atoms. The Bertz CT molecular complexity index is 455. The van der Waals surface area contributed by atoms with Crippen molar-refractivity contribution < 1.29 is 19.6 Å². The van der Waals surface area contributed by atoms with E-state index in [1.165, 1.54) is 6.07 Å². The Balaban J connectivity index is 2.96. The number of nitro benzene ring substituents is 1. The molecule has 0 atom stereocenters. The molecule has 0 fully saturated rings. The zero-order valence-corrected chi connectivity index (χ0v) is 9.60.